The number of hydrogen-bond acceptors (Lipinski definition) is 2. The first-order chi connectivity index (χ1) is 11.0. The van der Waals surface area contributed by atoms with Crippen LogP contribution >= 0.6 is 0 Å². The predicted octanol–water partition coefficient (Wildman–Crippen LogP) is 3.45. The number of carbonyl (C=O) groups excluding carboxylic acids is 2. The van der Waals surface area contributed by atoms with Gasteiger partial charge in [-0.25, -0.2) is 0 Å². The van der Waals surface area contributed by atoms with Crippen LogP contribution in [-0.2, 0) is 0 Å². The molecule has 2 aromatic rings. The molecular weight excluding hydrogens is 288 g/mol. The van der Waals surface area contributed by atoms with Crippen molar-refractivity contribution in [2.45, 2.75) is 32.7 Å². The first-order valence-electron chi connectivity index (χ1n) is 7.82. The van der Waals surface area contributed by atoms with E-state index >= 15 is 0 Å². The summed E-state index contributed by atoms with van der Waals surface area (Å²) in [7, 11) is 0. The topological polar surface area (TPSA) is 58.2 Å². The fraction of sp³-hybridized carbons (Fsp3) is 0.263. The average Bonchev–Trinajstić information content (AvgIpc) is 3.35. The summed E-state index contributed by atoms with van der Waals surface area (Å²) < 4.78 is 0. The first-order valence-corrected chi connectivity index (χ1v) is 7.82. The van der Waals surface area contributed by atoms with Crippen LogP contribution in [0.5, 0.6) is 0 Å². The molecule has 2 amide bonds. The van der Waals surface area contributed by atoms with Crippen LogP contribution in [-0.4, -0.2) is 17.9 Å². The van der Waals surface area contributed by atoms with E-state index in [0.717, 1.165) is 24.1 Å². The lowest BCUT2D eigenvalue weighted by Crippen LogP contribution is -2.25. The van der Waals surface area contributed by atoms with Crippen LogP contribution < -0.4 is 10.6 Å². The van der Waals surface area contributed by atoms with Gasteiger partial charge in [-0.2, -0.15) is 0 Å². The molecular formula is C19H20N2O2. The minimum Gasteiger partial charge on any atom is -0.349 e. The Morgan fingerprint density at radius 3 is 2.04 bits per heavy atom. The summed E-state index contributed by atoms with van der Waals surface area (Å²) >= 11 is 0. The number of benzene rings is 2. The van der Waals surface area contributed by atoms with E-state index in [0.29, 0.717) is 17.2 Å². The molecule has 1 fully saturated rings. The van der Waals surface area contributed by atoms with Crippen molar-refractivity contribution in [3.63, 3.8) is 0 Å². The molecule has 2 aromatic carbocycles. The quantitative estimate of drug-likeness (QED) is 0.909. The summed E-state index contributed by atoms with van der Waals surface area (Å²) in [5.74, 6) is -0.254. The molecule has 0 bridgehead atoms. The summed E-state index contributed by atoms with van der Waals surface area (Å²) in [6, 6.07) is 12.9. The molecule has 0 aromatic heterocycles. The number of rotatable bonds is 4. The second kappa shape index (κ2) is 6.24. The molecule has 0 aliphatic heterocycles. The number of hydrogen-bond donors (Lipinski definition) is 2. The van der Waals surface area contributed by atoms with Crippen LogP contribution in [0.25, 0.3) is 0 Å². The van der Waals surface area contributed by atoms with Gasteiger partial charge >= 0.3 is 0 Å². The third-order valence-electron chi connectivity index (χ3n) is 4.09. The highest BCUT2D eigenvalue weighted by molar-refractivity contribution is 6.05. The van der Waals surface area contributed by atoms with Crippen molar-refractivity contribution in [2.24, 2.45) is 0 Å². The van der Waals surface area contributed by atoms with Crippen molar-refractivity contribution >= 4 is 17.5 Å². The van der Waals surface area contributed by atoms with Gasteiger partial charge in [0.2, 0.25) is 0 Å². The van der Waals surface area contributed by atoms with Gasteiger partial charge in [-0.1, -0.05) is 6.07 Å². The van der Waals surface area contributed by atoms with E-state index in [1.54, 1.807) is 24.3 Å². The van der Waals surface area contributed by atoms with Crippen LogP contribution in [0.1, 0.15) is 44.7 Å². The van der Waals surface area contributed by atoms with Gasteiger partial charge < -0.3 is 10.6 Å². The van der Waals surface area contributed by atoms with E-state index in [4.69, 9.17) is 0 Å². The van der Waals surface area contributed by atoms with Crippen molar-refractivity contribution in [1.29, 1.82) is 0 Å². The molecule has 118 valence electrons. The summed E-state index contributed by atoms with van der Waals surface area (Å²) in [5.41, 5.74) is 4.21. The Morgan fingerprint density at radius 1 is 0.870 bits per heavy atom. The van der Waals surface area contributed by atoms with Crippen molar-refractivity contribution in [1.82, 2.24) is 5.32 Å². The fourth-order valence-corrected chi connectivity index (χ4v) is 2.29. The van der Waals surface area contributed by atoms with Crippen molar-refractivity contribution < 1.29 is 9.59 Å². The zero-order valence-corrected chi connectivity index (χ0v) is 13.3. The molecule has 0 heterocycles. The molecule has 0 radical (unpaired) electrons. The third-order valence-corrected chi connectivity index (χ3v) is 4.09. The van der Waals surface area contributed by atoms with Gasteiger partial charge in [0.05, 0.1) is 0 Å². The zero-order chi connectivity index (χ0) is 16.4. The zero-order valence-electron chi connectivity index (χ0n) is 13.3. The third kappa shape index (κ3) is 3.77. The molecule has 0 atom stereocenters. The van der Waals surface area contributed by atoms with Gasteiger partial charge in [0.1, 0.15) is 0 Å². The molecule has 1 saturated carbocycles. The summed E-state index contributed by atoms with van der Waals surface area (Å²) in [6.07, 6.45) is 2.12. The van der Waals surface area contributed by atoms with Crippen molar-refractivity contribution in [2.75, 3.05) is 5.32 Å². The SMILES string of the molecule is Cc1ccc(NC(=O)c2ccc(C(=O)NC3CC3)cc2)cc1C. The minimum absolute atomic E-state index is 0.0754. The molecule has 4 heteroatoms. The standard InChI is InChI=1S/C19H20N2O2/c1-12-3-8-17(11-13(12)2)21-19(23)15-6-4-14(5-7-15)18(22)20-16-9-10-16/h3-8,11,16H,9-10H2,1-2H3,(H,20,22)(H,21,23). The number of nitrogens with one attached hydrogen (secondary N) is 2. The molecule has 3 rings (SSSR count). The van der Waals surface area contributed by atoms with Crippen LogP contribution in [0, 0.1) is 13.8 Å². The highest BCUT2D eigenvalue weighted by Gasteiger charge is 2.23. The Morgan fingerprint density at radius 2 is 1.48 bits per heavy atom. The Kier molecular flexibility index (Phi) is 4.15. The first kappa shape index (κ1) is 15.3. The lowest BCUT2D eigenvalue weighted by atomic mass is 10.1. The van der Waals surface area contributed by atoms with E-state index in [1.165, 1.54) is 5.56 Å². The number of aryl methyl sites for hydroxylation is 2. The second-order valence-corrected chi connectivity index (χ2v) is 6.08. The van der Waals surface area contributed by atoms with Crippen LogP contribution in [0.4, 0.5) is 5.69 Å². The Balaban J connectivity index is 1.67. The van der Waals surface area contributed by atoms with Crippen molar-refractivity contribution in [3.8, 4) is 0 Å². The predicted molar refractivity (Wildman–Crippen MR) is 90.8 cm³/mol. The highest BCUT2D eigenvalue weighted by atomic mass is 16.2. The maximum Gasteiger partial charge on any atom is 0.255 e. The maximum absolute atomic E-state index is 12.3. The summed E-state index contributed by atoms with van der Waals surface area (Å²) in [4.78, 5) is 24.2. The number of anilines is 1. The molecule has 1 aliphatic carbocycles. The van der Waals surface area contributed by atoms with Gasteiger partial charge in [0.15, 0.2) is 0 Å². The fourth-order valence-electron chi connectivity index (χ4n) is 2.29. The smallest absolute Gasteiger partial charge is 0.255 e. The number of amides is 2. The van der Waals surface area contributed by atoms with E-state index in [2.05, 4.69) is 10.6 Å². The van der Waals surface area contributed by atoms with E-state index in [1.807, 2.05) is 32.0 Å². The summed E-state index contributed by atoms with van der Waals surface area (Å²) in [5, 5.41) is 5.81. The van der Waals surface area contributed by atoms with Gasteiger partial charge in [0, 0.05) is 22.9 Å². The van der Waals surface area contributed by atoms with Gasteiger partial charge in [-0.3, -0.25) is 9.59 Å². The van der Waals surface area contributed by atoms with Crippen LogP contribution in [0.15, 0.2) is 42.5 Å². The molecule has 1 aliphatic rings. The van der Waals surface area contributed by atoms with E-state index in [9.17, 15) is 9.59 Å². The summed E-state index contributed by atoms with van der Waals surface area (Å²) in [6.45, 7) is 4.05. The monoisotopic (exact) mass is 308 g/mol. The molecule has 23 heavy (non-hydrogen) atoms. The maximum atomic E-state index is 12.3. The number of carbonyl (C=O) groups is 2. The van der Waals surface area contributed by atoms with Gasteiger partial charge in [-0.15, -0.1) is 0 Å². The molecule has 0 unspecified atom stereocenters. The van der Waals surface area contributed by atoms with Crippen LogP contribution in [0.2, 0.25) is 0 Å². The molecule has 4 nitrogen and oxygen atoms in total. The largest absolute Gasteiger partial charge is 0.349 e. The van der Waals surface area contributed by atoms with Crippen molar-refractivity contribution in [3.05, 3.63) is 64.7 Å². The van der Waals surface area contributed by atoms with Gasteiger partial charge in [-0.05, 0) is 74.2 Å². The molecule has 0 saturated heterocycles. The molecule has 2 N–H and O–H groups in total. The highest BCUT2D eigenvalue weighted by Crippen LogP contribution is 2.19. The lowest BCUT2D eigenvalue weighted by Gasteiger charge is -2.08. The lowest BCUT2D eigenvalue weighted by molar-refractivity contribution is 0.0949. The average molecular weight is 308 g/mol. The Labute approximate surface area is 135 Å². The van der Waals surface area contributed by atoms with E-state index in [-0.39, 0.29) is 11.8 Å². The molecule has 0 spiro atoms. The Hall–Kier alpha value is -2.62. The Bertz CT molecular complexity index is 746. The van der Waals surface area contributed by atoms with Crippen LogP contribution in [0.3, 0.4) is 0 Å². The van der Waals surface area contributed by atoms with Gasteiger partial charge in [0.25, 0.3) is 11.8 Å². The normalized spacial score (nSPS) is 13.5. The minimum atomic E-state index is -0.178. The second-order valence-electron chi connectivity index (χ2n) is 6.08. The van der Waals surface area contributed by atoms with E-state index < -0.39 is 0 Å².